The van der Waals surface area contributed by atoms with Crippen LogP contribution in [0.15, 0.2) is 0 Å². The summed E-state index contributed by atoms with van der Waals surface area (Å²) >= 11 is 0. The molecule has 5 fully saturated rings. The molecule has 2 N–H and O–H groups in total. The molecule has 0 aromatic heterocycles. The molecular formula is C17H28N2O2. The SMILES string of the molecule is CC12CC3CC(C)(C1)CC(NC(=O)C1CNCCO1)(C3)C2. The molecule has 3 unspecified atom stereocenters. The third kappa shape index (κ3) is 2.40. The van der Waals surface area contributed by atoms with Crippen LogP contribution < -0.4 is 10.6 Å². The highest BCUT2D eigenvalue weighted by molar-refractivity contribution is 5.82. The van der Waals surface area contributed by atoms with Crippen molar-refractivity contribution in [2.75, 3.05) is 19.7 Å². The molecule has 5 rings (SSSR count). The second kappa shape index (κ2) is 4.45. The van der Waals surface area contributed by atoms with Gasteiger partial charge in [-0.05, 0) is 55.3 Å². The highest BCUT2D eigenvalue weighted by Crippen LogP contribution is 2.66. The Kier molecular flexibility index (Phi) is 2.97. The van der Waals surface area contributed by atoms with Crippen molar-refractivity contribution >= 4 is 5.91 Å². The Bertz CT molecular complexity index is 440. The van der Waals surface area contributed by atoms with Crippen LogP contribution in [0.1, 0.15) is 52.4 Å². The Hall–Kier alpha value is -0.610. The van der Waals surface area contributed by atoms with Gasteiger partial charge in [0.2, 0.25) is 0 Å². The fourth-order valence-electron chi connectivity index (χ4n) is 6.66. The molecule has 21 heavy (non-hydrogen) atoms. The number of carbonyl (C=O) groups is 1. The molecule has 1 saturated heterocycles. The zero-order chi connectivity index (χ0) is 14.7. The predicted octanol–water partition coefficient (Wildman–Crippen LogP) is 1.84. The van der Waals surface area contributed by atoms with E-state index in [1.54, 1.807) is 0 Å². The first kappa shape index (κ1) is 14.0. The molecule has 4 aliphatic carbocycles. The number of hydrogen-bond acceptors (Lipinski definition) is 3. The Morgan fingerprint density at radius 2 is 1.86 bits per heavy atom. The van der Waals surface area contributed by atoms with Crippen LogP contribution in [0.4, 0.5) is 0 Å². The van der Waals surface area contributed by atoms with Crippen LogP contribution in [-0.2, 0) is 9.53 Å². The van der Waals surface area contributed by atoms with E-state index in [9.17, 15) is 4.79 Å². The van der Waals surface area contributed by atoms with Gasteiger partial charge in [-0.25, -0.2) is 0 Å². The van der Waals surface area contributed by atoms with Crippen molar-refractivity contribution in [2.45, 2.75) is 64.0 Å². The molecule has 3 atom stereocenters. The highest BCUT2D eigenvalue weighted by atomic mass is 16.5. The summed E-state index contributed by atoms with van der Waals surface area (Å²) in [6.45, 7) is 7.03. The van der Waals surface area contributed by atoms with Gasteiger partial charge in [-0.1, -0.05) is 13.8 Å². The van der Waals surface area contributed by atoms with Crippen LogP contribution in [-0.4, -0.2) is 37.2 Å². The van der Waals surface area contributed by atoms with Crippen LogP contribution in [0.3, 0.4) is 0 Å². The maximum absolute atomic E-state index is 12.6. The van der Waals surface area contributed by atoms with E-state index in [1.807, 2.05) is 0 Å². The minimum atomic E-state index is -0.299. The normalized spacial score (nSPS) is 51.9. The summed E-state index contributed by atoms with van der Waals surface area (Å²) in [7, 11) is 0. The first-order chi connectivity index (χ1) is 9.90. The van der Waals surface area contributed by atoms with Crippen LogP contribution in [0.2, 0.25) is 0 Å². The average Bonchev–Trinajstić information content (AvgIpc) is 2.34. The second-order valence-electron chi connectivity index (χ2n) is 8.96. The summed E-state index contributed by atoms with van der Waals surface area (Å²) in [6, 6.07) is 0. The van der Waals surface area contributed by atoms with Crippen molar-refractivity contribution in [3.05, 3.63) is 0 Å². The molecule has 0 aromatic carbocycles. The van der Waals surface area contributed by atoms with Gasteiger partial charge in [-0.3, -0.25) is 4.79 Å². The second-order valence-corrected chi connectivity index (χ2v) is 8.96. The largest absolute Gasteiger partial charge is 0.366 e. The van der Waals surface area contributed by atoms with Crippen molar-refractivity contribution in [3.63, 3.8) is 0 Å². The molecule has 0 radical (unpaired) electrons. The number of rotatable bonds is 2. The van der Waals surface area contributed by atoms with E-state index in [0.29, 0.717) is 24.0 Å². The monoisotopic (exact) mass is 292 g/mol. The predicted molar refractivity (Wildman–Crippen MR) is 80.9 cm³/mol. The first-order valence-electron chi connectivity index (χ1n) is 8.54. The van der Waals surface area contributed by atoms with E-state index in [1.165, 1.54) is 25.7 Å². The summed E-state index contributed by atoms with van der Waals surface area (Å²) in [5.74, 6) is 0.915. The lowest BCUT2D eigenvalue weighted by Gasteiger charge is -2.65. The van der Waals surface area contributed by atoms with Crippen LogP contribution >= 0.6 is 0 Å². The highest BCUT2D eigenvalue weighted by Gasteiger charge is 2.60. The molecule has 4 saturated carbocycles. The third-order valence-electron chi connectivity index (χ3n) is 6.23. The van der Waals surface area contributed by atoms with Crippen LogP contribution in [0, 0.1) is 16.7 Å². The fraction of sp³-hybridized carbons (Fsp3) is 0.941. The van der Waals surface area contributed by atoms with Gasteiger partial charge >= 0.3 is 0 Å². The number of ether oxygens (including phenoxy) is 1. The van der Waals surface area contributed by atoms with E-state index < -0.39 is 0 Å². The van der Waals surface area contributed by atoms with Gasteiger partial charge in [0, 0.05) is 18.6 Å². The molecule has 1 heterocycles. The van der Waals surface area contributed by atoms with Crippen LogP contribution in [0.5, 0.6) is 0 Å². The van der Waals surface area contributed by atoms with Gasteiger partial charge in [-0.15, -0.1) is 0 Å². The van der Waals surface area contributed by atoms with Crippen molar-refractivity contribution in [2.24, 2.45) is 16.7 Å². The van der Waals surface area contributed by atoms with Gasteiger partial charge < -0.3 is 15.4 Å². The van der Waals surface area contributed by atoms with Crippen LogP contribution in [0.25, 0.3) is 0 Å². The minimum Gasteiger partial charge on any atom is -0.366 e. The molecule has 0 aromatic rings. The summed E-state index contributed by atoms with van der Waals surface area (Å²) in [5, 5.41) is 6.69. The number of hydrogen-bond donors (Lipinski definition) is 2. The molecule has 118 valence electrons. The fourth-order valence-corrected chi connectivity index (χ4v) is 6.66. The topological polar surface area (TPSA) is 50.4 Å². The smallest absolute Gasteiger partial charge is 0.250 e. The number of amides is 1. The quantitative estimate of drug-likeness (QED) is 0.816. The molecule has 1 aliphatic heterocycles. The molecule has 5 aliphatic rings. The van der Waals surface area contributed by atoms with Gasteiger partial charge in [0.25, 0.3) is 5.91 Å². The van der Waals surface area contributed by atoms with Gasteiger partial charge in [0.1, 0.15) is 6.10 Å². The first-order valence-corrected chi connectivity index (χ1v) is 8.54. The van der Waals surface area contributed by atoms with Crippen molar-refractivity contribution in [1.29, 1.82) is 0 Å². The van der Waals surface area contributed by atoms with E-state index >= 15 is 0 Å². The lowest BCUT2D eigenvalue weighted by molar-refractivity contribution is -0.149. The van der Waals surface area contributed by atoms with E-state index in [0.717, 1.165) is 25.3 Å². The maximum Gasteiger partial charge on any atom is 0.250 e. The molecular weight excluding hydrogens is 264 g/mol. The average molecular weight is 292 g/mol. The minimum absolute atomic E-state index is 0.0425. The lowest BCUT2D eigenvalue weighted by Crippen LogP contribution is -2.66. The maximum atomic E-state index is 12.6. The van der Waals surface area contributed by atoms with E-state index in [4.69, 9.17) is 4.74 Å². The zero-order valence-corrected chi connectivity index (χ0v) is 13.3. The number of nitrogens with one attached hydrogen (secondary N) is 2. The molecule has 1 amide bonds. The summed E-state index contributed by atoms with van der Waals surface area (Å²) < 4.78 is 5.63. The van der Waals surface area contributed by atoms with E-state index in [-0.39, 0.29) is 17.6 Å². The van der Waals surface area contributed by atoms with E-state index in [2.05, 4.69) is 24.5 Å². The lowest BCUT2D eigenvalue weighted by atomic mass is 9.43. The Morgan fingerprint density at radius 3 is 2.43 bits per heavy atom. The number of morpholine rings is 1. The zero-order valence-electron chi connectivity index (χ0n) is 13.3. The molecule has 4 nitrogen and oxygen atoms in total. The Labute approximate surface area is 127 Å². The Morgan fingerprint density at radius 1 is 1.14 bits per heavy atom. The van der Waals surface area contributed by atoms with Crippen molar-refractivity contribution < 1.29 is 9.53 Å². The summed E-state index contributed by atoms with van der Waals surface area (Å²) in [4.78, 5) is 12.6. The van der Waals surface area contributed by atoms with Crippen molar-refractivity contribution in [1.82, 2.24) is 10.6 Å². The summed E-state index contributed by atoms with van der Waals surface area (Å²) in [5.41, 5.74) is 0.918. The van der Waals surface area contributed by atoms with Gasteiger partial charge in [0.05, 0.1) is 6.61 Å². The van der Waals surface area contributed by atoms with Gasteiger partial charge in [0.15, 0.2) is 0 Å². The standard InChI is InChI=1S/C17H28N2O2/c1-15-5-12-6-16(2,9-15)11-17(7-12,10-15)19-14(20)13-8-18-3-4-21-13/h12-13,18H,3-11H2,1-2H3,(H,19,20). The third-order valence-corrected chi connectivity index (χ3v) is 6.23. The van der Waals surface area contributed by atoms with Crippen molar-refractivity contribution in [3.8, 4) is 0 Å². The van der Waals surface area contributed by atoms with Gasteiger partial charge in [-0.2, -0.15) is 0 Å². The Balaban J connectivity index is 1.52. The number of carbonyl (C=O) groups excluding carboxylic acids is 1. The molecule has 4 bridgehead atoms. The summed E-state index contributed by atoms with van der Waals surface area (Å²) in [6.07, 6.45) is 7.28. The molecule has 0 spiro atoms. The molecule has 4 heteroatoms.